The van der Waals surface area contributed by atoms with E-state index in [0.29, 0.717) is 17.4 Å². The molecule has 1 rings (SSSR count). The van der Waals surface area contributed by atoms with Gasteiger partial charge in [-0.05, 0) is 6.42 Å². The Morgan fingerprint density at radius 2 is 2.44 bits per heavy atom. The van der Waals surface area contributed by atoms with Crippen molar-refractivity contribution in [1.82, 2.24) is 4.98 Å². The Labute approximate surface area is 110 Å². The average Bonchev–Trinajstić information content (AvgIpc) is 2.77. The van der Waals surface area contributed by atoms with Gasteiger partial charge in [-0.1, -0.05) is 13.3 Å². The van der Waals surface area contributed by atoms with Crippen LogP contribution in [0.1, 0.15) is 31.5 Å². The molecule has 0 aliphatic carbocycles. The van der Waals surface area contributed by atoms with E-state index in [9.17, 15) is 4.79 Å². The number of carbonyl (C=O) groups is 1. The van der Waals surface area contributed by atoms with Crippen molar-refractivity contribution < 1.29 is 14.6 Å². The molecule has 0 saturated heterocycles. The Balaban J connectivity index is 2.64. The number of thiazole rings is 1. The van der Waals surface area contributed by atoms with E-state index >= 15 is 0 Å². The Morgan fingerprint density at radius 3 is 3.00 bits per heavy atom. The molecule has 4 N–H and O–H groups in total. The van der Waals surface area contributed by atoms with Crippen LogP contribution < -0.4 is 11.1 Å². The van der Waals surface area contributed by atoms with E-state index in [1.807, 2.05) is 0 Å². The quantitative estimate of drug-likeness (QED) is 0.663. The number of hydrogen-bond donors (Lipinski definition) is 3. The third-order valence-corrected chi connectivity index (χ3v) is 3.23. The molecule has 0 aliphatic rings. The number of ether oxygens (including phenoxy) is 1. The molecule has 2 atom stereocenters. The third kappa shape index (κ3) is 4.25. The summed E-state index contributed by atoms with van der Waals surface area (Å²) in [5.74, 6) is -1.08. The summed E-state index contributed by atoms with van der Waals surface area (Å²) in [6, 6.07) is -0.885. The molecule has 0 radical (unpaired) electrons. The fraction of sp³-hybridized carbons (Fsp3) is 0.636. The van der Waals surface area contributed by atoms with Gasteiger partial charge in [0.05, 0.1) is 18.3 Å². The fourth-order valence-electron chi connectivity index (χ4n) is 1.54. The van der Waals surface area contributed by atoms with E-state index in [0.717, 1.165) is 12.8 Å². The highest BCUT2D eigenvalue weighted by Gasteiger charge is 2.18. The molecule has 1 aromatic rings. The summed E-state index contributed by atoms with van der Waals surface area (Å²) >= 11 is 1.35. The number of carboxylic acid groups (broad SMARTS) is 1. The van der Waals surface area contributed by atoms with Gasteiger partial charge in [-0.25, -0.2) is 4.98 Å². The van der Waals surface area contributed by atoms with Gasteiger partial charge in [0.15, 0.2) is 5.13 Å². The zero-order chi connectivity index (χ0) is 13.5. The summed E-state index contributed by atoms with van der Waals surface area (Å²) in [4.78, 5) is 14.9. The summed E-state index contributed by atoms with van der Waals surface area (Å²) in [5.41, 5.74) is 5.87. The minimum atomic E-state index is -1.08. The molecule has 102 valence electrons. The lowest BCUT2D eigenvalue weighted by molar-refractivity contribution is -0.138. The summed E-state index contributed by atoms with van der Waals surface area (Å²) in [6.45, 7) is 2.69. The SMILES string of the molecule is CCCC(COC)Nc1nc(C(N)C(=O)O)cs1. The summed E-state index contributed by atoms with van der Waals surface area (Å²) < 4.78 is 5.12. The monoisotopic (exact) mass is 273 g/mol. The van der Waals surface area contributed by atoms with Crippen molar-refractivity contribution in [3.63, 3.8) is 0 Å². The molecule has 1 heterocycles. The highest BCUT2D eigenvalue weighted by molar-refractivity contribution is 7.13. The van der Waals surface area contributed by atoms with E-state index in [-0.39, 0.29) is 6.04 Å². The Bertz CT molecular complexity index is 377. The first-order chi connectivity index (χ1) is 8.58. The van der Waals surface area contributed by atoms with Crippen molar-refractivity contribution in [2.45, 2.75) is 31.8 Å². The zero-order valence-electron chi connectivity index (χ0n) is 10.5. The van der Waals surface area contributed by atoms with E-state index in [1.165, 1.54) is 11.3 Å². The van der Waals surface area contributed by atoms with E-state index in [1.54, 1.807) is 12.5 Å². The van der Waals surface area contributed by atoms with E-state index in [2.05, 4.69) is 17.2 Å². The molecule has 0 aliphatic heterocycles. The molecule has 0 amide bonds. The van der Waals surface area contributed by atoms with Gasteiger partial charge in [0, 0.05) is 12.5 Å². The molecule has 1 aromatic heterocycles. The predicted octanol–water partition coefficient (Wildman–Crippen LogP) is 1.45. The third-order valence-electron chi connectivity index (χ3n) is 2.44. The van der Waals surface area contributed by atoms with Crippen LogP contribution in [0.3, 0.4) is 0 Å². The Morgan fingerprint density at radius 1 is 1.72 bits per heavy atom. The summed E-state index contributed by atoms with van der Waals surface area (Å²) in [7, 11) is 1.65. The Kier molecular flexibility index (Phi) is 6.03. The first-order valence-electron chi connectivity index (χ1n) is 5.77. The zero-order valence-corrected chi connectivity index (χ0v) is 11.4. The van der Waals surface area contributed by atoms with Crippen LogP contribution >= 0.6 is 11.3 Å². The molecule has 6 nitrogen and oxygen atoms in total. The molecule has 2 unspecified atom stereocenters. The lowest BCUT2D eigenvalue weighted by atomic mass is 10.2. The molecular weight excluding hydrogens is 254 g/mol. The summed E-state index contributed by atoms with van der Waals surface area (Å²) in [5, 5.41) is 14.4. The number of aromatic nitrogens is 1. The van der Waals surface area contributed by atoms with Crippen LogP contribution in [0.2, 0.25) is 0 Å². The van der Waals surface area contributed by atoms with Crippen molar-refractivity contribution in [3.05, 3.63) is 11.1 Å². The standard InChI is InChI=1S/C11H19N3O3S/c1-3-4-7(5-17-2)13-11-14-8(6-18-11)9(12)10(15)16/h6-7,9H,3-5,12H2,1-2H3,(H,13,14)(H,15,16). The maximum atomic E-state index is 10.7. The first kappa shape index (κ1) is 14.9. The molecule has 0 fully saturated rings. The number of rotatable bonds is 8. The van der Waals surface area contributed by atoms with Crippen LogP contribution in [0.5, 0.6) is 0 Å². The molecule has 0 spiro atoms. The number of aliphatic carboxylic acids is 1. The second-order valence-corrected chi connectivity index (χ2v) is 4.84. The Hall–Kier alpha value is -1.18. The van der Waals surface area contributed by atoms with Gasteiger partial charge in [-0.3, -0.25) is 4.79 Å². The number of nitrogens with zero attached hydrogens (tertiary/aromatic N) is 1. The van der Waals surface area contributed by atoms with Crippen LogP contribution in [0, 0.1) is 0 Å². The van der Waals surface area contributed by atoms with E-state index in [4.69, 9.17) is 15.6 Å². The van der Waals surface area contributed by atoms with Gasteiger partial charge < -0.3 is 20.9 Å². The van der Waals surface area contributed by atoms with Crippen LogP contribution in [0.4, 0.5) is 5.13 Å². The molecule has 18 heavy (non-hydrogen) atoms. The smallest absolute Gasteiger partial charge is 0.326 e. The predicted molar refractivity (Wildman–Crippen MR) is 70.9 cm³/mol. The highest BCUT2D eigenvalue weighted by Crippen LogP contribution is 2.21. The largest absolute Gasteiger partial charge is 0.480 e. The van der Waals surface area contributed by atoms with Gasteiger partial charge >= 0.3 is 5.97 Å². The fourth-order valence-corrected chi connectivity index (χ4v) is 2.37. The number of nitrogens with two attached hydrogens (primary N) is 1. The molecule has 0 aromatic carbocycles. The van der Waals surface area contributed by atoms with E-state index < -0.39 is 12.0 Å². The van der Waals surface area contributed by atoms with Crippen LogP contribution in [0.25, 0.3) is 0 Å². The van der Waals surface area contributed by atoms with Gasteiger partial charge in [0.2, 0.25) is 0 Å². The number of methoxy groups -OCH3 is 1. The normalized spacial score (nSPS) is 14.2. The number of carboxylic acids is 1. The first-order valence-corrected chi connectivity index (χ1v) is 6.65. The van der Waals surface area contributed by atoms with Crippen molar-refractivity contribution in [3.8, 4) is 0 Å². The number of hydrogen-bond acceptors (Lipinski definition) is 6. The molecule has 0 saturated carbocycles. The van der Waals surface area contributed by atoms with Crippen LogP contribution in [-0.4, -0.2) is 35.8 Å². The minimum absolute atomic E-state index is 0.181. The second-order valence-electron chi connectivity index (χ2n) is 3.98. The van der Waals surface area contributed by atoms with Gasteiger partial charge in [0.25, 0.3) is 0 Å². The lowest BCUT2D eigenvalue weighted by Crippen LogP contribution is -2.25. The van der Waals surface area contributed by atoms with Gasteiger partial charge in [0.1, 0.15) is 6.04 Å². The van der Waals surface area contributed by atoms with Crippen molar-refractivity contribution in [2.24, 2.45) is 5.73 Å². The van der Waals surface area contributed by atoms with Gasteiger partial charge in [-0.15, -0.1) is 11.3 Å². The number of anilines is 1. The highest BCUT2D eigenvalue weighted by atomic mass is 32.1. The van der Waals surface area contributed by atoms with Crippen LogP contribution in [0.15, 0.2) is 5.38 Å². The maximum absolute atomic E-state index is 10.7. The summed E-state index contributed by atoms with van der Waals surface area (Å²) in [6.07, 6.45) is 2.00. The minimum Gasteiger partial charge on any atom is -0.480 e. The van der Waals surface area contributed by atoms with Crippen molar-refractivity contribution in [1.29, 1.82) is 0 Å². The second kappa shape index (κ2) is 7.30. The molecule has 0 bridgehead atoms. The topological polar surface area (TPSA) is 97.5 Å². The van der Waals surface area contributed by atoms with Crippen LogP contribution in [-0.2, 0) is 9.53 Å². The number of nitrogens with one attached hydrogen (secondary N) is 1. The lowest BCUT2D eigenvalue weighted by Gasteiger charge is -2.16. The maximum Gasteiger partial charge on any atom is 0.326 e. The molecular formula is C11H19N3O3S. The van der Waals surface area contributed by atoms with Crippen molar-refractivity contribution in [2.75, 3.05) is 19.0 Å². The van der Waals surface area contributed by atoms with Gasteiger partial charge in [-0.2, -0.15) is 0 Å². The molecule has 7 heteroatoms. The van der Waals surface area contributed by atoms with Crippen molar-refractivity contribution >= 4 is 22.4 Å². The average molecular weight is 273 g/mol.